The van der Waals surface area contributed by atoms with Gasteiger partial charge in [0.05, 0.1) is 25.5 Å². The number of nitrogens with one attached hydrogen (secondary N) is 1. The van der Waals surface area contributed by atoms with Crippen molar-refractivity contribution < 1.29 is 18.7 Å². The maximum absolute atomic E-state index is 14.4. The molecule has 8 heteroatoms. The average Bonchev–Trinajstić information content (AvgIpc) is 2.63. The molecule has 7 nitrogen and oxygen atoms in total. The number of nitrogens with two attached hydrogens (primary N) is 1. The van der Waals surface area contributed by atoms with Crippen LogP contribution in [0.4, 0.5) is 10.1 Å². The number of halogens is 1. The molecular weight excluding hydrogens is 339 g/mol. The van der Waals surface area contributed by atoms with Gasteiger partial charge in [0.2, 0.25) is 0 Å². The molecule has 0 saturated carbocycles. The van der Waals surface area contributed by atoms with E-state index in [9.17, 15) is 9.18 Å². The number of hydrogen-bond acceptors (Lipinski definition) is 6. The Hall–Kier alpha value is -3.16. The van der Waals surface area contributed by atoms with Crippen molar-refractivity contribution in [2.45, 2.75) is 18.9 Å². The van der Waals surface area contributed by atoms with Crippen molar-refractivity contribution in [2.75, 3.05) is 19.0 Å². The largest absolute Gasteiger partial charge is 0.495 e. The van der Waals surface area contributed by atoms with Crippen molar-refractivity contribution in [3.63, 3.8) is 0 Å². The van der Waals surface area contributed by atoms with Gasteiger partial charge in [-0.1, -0.05) is 0 Å². The third-order valence-corrected chi connectivity index (χ3v) is 4.20. The number of aliphatic imine (C=N–C) groups is 1. The molecule has 1 aliphatic heterocycles. The second-order valence-electron chi connectivity index (χ2n) is 6.05. The highest BCUT2D eigenvalue weighted by Gasteiger charge is 2.33. The Balaban J connectivity index is 1.85. The van der Waals surface area contributed by atoms with Gasteiger partial charge in [-0.15, -0.1) is 0 Å². The highest BCUT2D eigenvalue weighted by molar-refractivity contribution is 6.02. The summed E-state index contributed by atoms with van der Waals surface area (Å²) >= 11 is 0. The van der Waals surface area contributed by atoms with Gasteiger partial charge in [-0.2, -0.15) is 0 Å². The highest BCUT2D eigenvalue weighted by Crippen LogP contribution is 2.35. The van der Waals surface area contributed by atoms with Gasteiger partial charge < -0.3 is 20.5 Å². The number of aromatic nitrogens is 1. The normalized spacial score (nSPS) is 19.3. The molecule has 2 heterocycles. The molecule has 0 bridgehead atoms. The lowest BCUT2D eigenvalue weighted by molar-refractivity contribution is 0.102. The lowest BCUT2D eigenvalue weighted by Crippen LogP contribution is -2.34. The van der Waals surface area contributed by atoms with Crippen LogP contribution in [0.25, 0.3) is 0 Å². The summed E-state index contributed by atoms with van der Waals surface area (Å²) in [5.74, 6) is -0.287. The van der Waals surface area contributed by atoms with E-state index in [0.29, 0.717) is 30.0 Å². The van der Waals surface area contributed by atoms with E-state index in [1.54, 1.807) is 25.1 Å². The summed E-state index contributed by atoms with van der Waals surface area (Å²) in [7, 11) is 1.52. The summed E-state index contributed by atoms with van der Waals surface area (Å²) in [5.41, 5.74) is 5.77. The minimum Gasteiger partial charge on any atom is -0.495 e. The van der Waals surface area contributed by atoms with Crippen LogP contribution in [0.5, 0.6) is 5.75 Å². The summed E-state index contributed by atoms with van der Waals surface area (Å²) in [6.07, 6.45) is 1.92. The zero-order valence-electron chi connectivity index (χ0n) is 14.5. The number of rotatable bonds is 4. The fraction of sp³-hybridized carbons (Fsp3) is 0.278. The van der Waals surface area contributed by atoms with E-state index < -0.39 is 17.3 Å². The fourth-order valence-corrected chi connectivity index (χ4v) is 2.73. The van der Waals surface area contributed by atoms with Crippen molar-refractivity contribution in [2.24, 2.45) is 10.7 Å². The predicted octanol–water partition coefficient (Wildman–Crippen LogP) is 2.43. The van der Waals surface area contributed by atoms with Crippen molar-refractivity contribution in [1.29, 1.82) is 0 Å². The third-order valence-electron chi connectivity index (χ3n) is 4.20. The molecule has 0 aliphatic carbocycles. The summed E-state index contributed by atoms with van der Waals surface area (Å²) in [4.78, 5) is 20.6. The van der Waals surface area contributed by atoms with Crippen LogP contribution >= 0.6 is 0 Å². The number of methoxy groups -OCH3 is 1. The number of amides is 1. The Bertz CT molecular complexity index is 854. The number of benzene rings is 1. The number of nitrogens with zero attached hydrogens (tertiary/aromatic N) is 2. The Morgan fingerprint density at radius 1 is 1.38 bits per heavy atom. The number of ether oxygens (including phenoxy) is 2. The minimum atomic E-state index is -0.856. The van der Waals surface area contributed by atoms with E-state index in [0.717, 1.165) is 0 Å². The van der Waals surface area contributed by atoms with Crippen LogP contribution in [0.1, 0.15) is 29.4 Å². The molecule has 1 atom stereocenters. The van der Waals surface area contributed by atoms with Crippen LogP contribution in [-0.4, -0.2) is 30.6 Å². The first-order chi connectivity index (χ1) is 12.4. The topological polar surface area (TPSA) is 98.8 Å². The van der Waals surface area contributed by atoms with Crippen LogP contribution in [0.3, 0.4) is 0 Å². The molecule has 1 aliphatic rings. The quantitative estimate of drug-likeness (QED) is 0.875. The maximum atomic E-state index is 14.4. The fourth-order valence-electron chi connectivity index (χ4n) is 2.73. The van der Waals surface area contributed by atoms with Crippen LogP contribution in [0, 0.1) is 5.82 Å². The van der Waals surface area contributed by atoms with Crippen molar-refractivity contribution >= 4 is 17.6 Å². The molecule has 3 N–H and O–H groups in total. The molecule has 26 heavy (non-hydrogen) atoms. The number of pyridine rings is 1. The smallest absolute Gasteiger partial charge is 0.282 e. The summed E-state index contributed by atoms with van der Waals surface area (Å²) < 4.78 is 24.5. The lowest BCUT2D eigenvalue weighted by Gasteiger charge is -2.30. The molecule has 3 rings (SSSR count). The Kier molecular flexibility index (Phi) is 4.75. The number of hydrogen-bond donors (Lipinski definition) is 2. The van der Waals surface area contributed by atoms with E-state index in [1.807, 2.05) is 0 Å². The molecule has 1 aromatic carbocycles. The molecule has 2 aromatic rings. The second kappa shape index (κ2) is 6.99. The van der Waals surface area contributed by atoms with Crippen LogP contribution in [0.15, 0.2) is 41.5 Å². The third kappa shape index (κ3) is 3.58. The molecule has 1 amide bonds. The van der Waals surface area contributed by atoms with E-state index in [2.05, 4.69) is 15.3 Å². The first-order valence-corrected chi connectivity index (χ1v) is 8.01. The predicted molar refractivity (Wildman–Crippen MR) is 94.7 cm³/mol. The number of carbonyl (C=O) groups is 1. The van der Waals surface area contributed by atoms with Crippen molar-refractivity contribution in [1.82, 2.24) is 4.98 Å². The van der Waals surface area contributed by atoms with E-state index >= 15 is 0 Å². The van der Waals surface area contributed by atoms with Gasteiger partial charge in [-0.05, 0) is 37.3 Å². The van der Waals surface area contributed by atoms with Gasteiger partial charge in [0, 0.05) is 17.7 Å². The van der Waals surface area contributed by atoms with Gasteiger partial charge in [0.25, 0.3) is 11.9 Å². The van der Waals surface area contributed by atoms with Crippen molar-refractivity contribution in [3.8, 4) is 5.75 Å². The maximum Gasteiger partial charge on any atom is 0.282 e. The second-order valence-corrected chi connectivity index (χ2v) is 6.05. The molecule has 1 aromatic heterocycles. The monoisotopic (exact) mass is 358 g/mol. The van der Waals surface area contributed by atoms with E-state index in [-0.39, 0.29) is 11.7 Å². The zero-order valence-corrected chi connectivity index (χ0v) is 14.5. The average molecular weight is 358 g/mol. The lowest BCUT2D eigenvalue weighted by atomic mass is 9.88. The van der Waals surface area contributed by atoms with Crippen LogP contribution in [0.2, 0.25) is 0 Å². The molecule has 0 fully saturated rings. The molecule has 0 saturated heterocycles. The van der Waals surface area contributed by atoms with Crippen molar-refractivity contribution in [3.05, 3.63) is 53.6 Å². The number of carbonyl (C=O) groups excluding carboxylic acids is 1. The summed E-state index contributed by atoms with van der Waals surface area (Å²) in [6, 6.07) is 7.53. The number of anilines is 1. The Morgan fingerprint density at radius 2 is 2.19 bits per heavy atom. The standard InChI is InChI=1S/C18H19FN4O3/c1-18(7-8-26-17(20)23-18)13-9-11(3-5-14(13)19)22-16(24)15-6-4-12(25-2)10-21-15/h3-6,9-10H,7-8H2,1-2H3,(H2,20,23)(H,22,24)/t18-/m0/s1. The molecule has 0 radical (unpaired) electrons. The van der Waals surface area contributed by atoms with E-state index in [1.165, 1.54) is 25.4 Å². The van der Waals surface area contributed by atoms with Gasteiger partial charge in [-0.25, -0.2) is 14.4 Å². The Morgan fingerprint density at radius 3 is 2.85 bits per heavy atom. The summed E-state index contributed by atoms with van der Waals surface area (Å²) in [5, 5.41) is 2.71. The summed E-state index contributed by atoms with van der Waals surface area (Å²) in [6.45, 7) is 2.12. The van der Waals surface area contributed by atoms with Crippen LogP contribution in [-0.2, 0) is 10.3 Å². The molecule has 0 spiro atoms. The van der Waals surface area contributed by atoms with Crippen LogP contribution < -0.4 is 15.8 Å². The molecular formula is C18H19FN4O3. The Labute approximate surface area is 150 Å². The van der Waals surface area contributed by atoms with Gasteiger partial charge in [0.1, 0.15) is 17.3 Å². The number of amidine groups is 1. The SMILES string of the molecule is COc1ccc(C(=O)Nc2ccc(F)c([C@]3(C)CCOC(N)=N3)c2)nc1. The molecule has 0 unspecified atom stereocenters. The first-order valence-electron chi connectivity index (χ1n) is 8.01. The van der Waals surface area contributed by atoms with E-state index in [4.69, 9.17) is 15.2 Å². The highest BCUT2D eigenvalue weighted by atomic mass is 19.1. The first kappa shape index (κ1) is 17.7. The van der Waals surface area contributed by atoms with Gasteiger partial charge in [0.15, 0.2) is 0 Å². The zero-order chi connectivity index (χ0) is 18.7. The molecule has 136 valence electrons. The minimum absolute atomic E-state index is 0.0232. The van der Waals surface area contributed by atoms with Gasteiger partial charge in [-0.3, -0.25) is 4.79 Å². The van der Waals surface area contributed by atoms with Gasteiger partial charge >= 0.3 is 0 Å².